The summed E-state index contributed by atoms with van der Waals surface area (Å²) < 4.78 is 0. The third kappa shape index (κ3) is 169. The van der Waals surface area contributed by atoms with Crippen LogP contribution in [0.2, 0.25) is 0 Å². The van der Waals surface area contributed by atoms with Gasteiger partial charge in [-0.15, -0.1) is 0 Å². The van der Waals surface area contributed by atoms with Gasteiger partial charge in [0.2, 0.25) is 0 Å². The Bertz CT molecular complexity index is 95.0. The molecule has 0 saturated heterocycles. The molecule has 0 saturated carbocycles. The fourth-order valence-corrected chi connectivity index (χ4v) is 0. The Labute approximate surface area is 107 Å². The molecule has 0 fully saturated rings. The molecule has 0 spiro atoms. The van der Waals surface area contributed by atoms with Gasteiger partial charge in [0, 0.05) is 0 Å². The first-order chi connectivity index (χ1) is 6.00. The van der Waals surface area contributed by atoms with Crippen LogP contribution in [-0.4, -0.2) is 0 Å². The minimum absolute atomic E-state index is 0. The Morgan fingerprint density at radius 1 is 0.312 bits per heavy atom. The normalized spacial score (nSPS) is 0.750. The molecular weight excluding hydrogens is 257 g/mol. The minimum atomic E-state index is 0. The largest absolute Gasteiger partial charge is 3.00 e. The number of nitrogens with zero attached hydrogens (tertiary/aromatic N) is 6. The Morgan fingerprint density at radius 2 is 0.312 bits per heavy atom. The fourth-order valence-electron chi connectivity index (χ4n) is 0. The third-order valence-corrected chi connectivity index (χ3v) is 0. The summed E-state index contributed by atoms with van der Waals surface area (Å²) in [6.45, 7) is 28.5. The molecular formula is C6H12CoN9. The predicted molar refractivity (Wildman–Crippen MR) is 47.8 cm³/mol. The van der Waals surface area contributed by atoms with E-state index in [2.05, 4.69) is 0 Å². The molecule has 0 heterocycles. The first-order valence-corrected chi connectivity index (χ1v) is 1.34. The van der Waals surface area contributed by atoms with Gasteiger partial charge in [-0.2, -0.15) is 0 Å². The van der Waals surface area contributed by atoms with Crippen molar-refractivity contribution in [2.24, 2.45) is 0 Å². The van der Waals surface area contributed by atoms with Crippen LogP contribution in [0.4, 0.5) is 0 Å². The summed E-state index contributed by atoms with van der Waals surface area (Å²) in [4.78, 5) is 0. The van der Waals surface area contributed by atoms with Gasteiger partial charge in [-0.25, -0.2) is 0 Å². The molecule has 0 aromatic heterocycles. The minimum Gasteiger partial charge on any atom is -0.512 e. The summed E-state index contributed by atoms with van der Waals surface area (Å²) in [7, 11) is 0. The molecule has 0 bridgehead atoms. The summed E-state index contributed by atoms with van der Waals surface area (Å²) >= 11 is 0. The smallest absolute Gasteiger partial charge is 0.512 e. The van der Waals surface area contributed by atoms with E-state index < -0.39 is 0 Å². The van der Waals surface area contributed by atoms with Gasteiger partial charge in [0.25, 0.3) is 0 Å². The van der Waals surface area contributed by atoms with Crippen LogP contribution in [0, 0.1) is 71.0 Å². The van der Waals surface area contributed by atoms with E-state index in [1.54, 1.807) is 0 Å². The fraction of sp³-hybridized carbons (Fsp3) is 0. The van der Waals surface area contributed by atoms with Crippen LogP contribution in [0.15, 0.2) is 0 Å². The maximum atomic E-state index is 6.25. The zero-order valence-corrected chi connectivity index (χ0v) is 10.1. The van der Waals surface area contributed by atoms with Crippen molar-refractivity contribution in [3.63, 3.8) is 0 Å². The standard InChI is InChI=1S/6CN.Co.3H3N/c6*1-2;;;;/h;;;;;;;3*1H3/q6*-1;+3;;;/p+3. The Hall–Kier alpha value is -2.67. The topological polar surface area (TPSA) is 252 Å². The monoisotopic (exact) mass is 269 g/mol. The van der Waals surface area contributed by atoms with Crippen LogP contribution in [-0.2, 0) is 16.8 Å². The second kappa shape index (κ2) is 221. The van der Waals surface area contributed by atoms with E-state index in [0.717, 1.165) is 0 Å². The third-order valence-electron chi connectivity index (χ3n) is 0. The van der Waals surface area contributed by atoms with Gasteiger partial charge in [0.1, 0.15) is 0 Å². The van der Waals surface area contributed by atoms with Crippen molar-refractivity contribution in [1.29, 1.82) is 31.6 Å². The molecule has 0 aliphatic carbocycles. The average molecular weight is 269 g/mol. The molecule has 0 aromatic rings. The second-order valence-corrected chi connectivity index (χ2v) is 0. The van der Waals surface area contributed by atoms with Crippen LogP contribution in [0.25, 0.3) is 0 Å². The Balaban J connectivity index is -0.00000000321. The van der Waals surface area contributed by atoms with E-state index in [9.17, 15) is 0 Å². The predicted octanol–water partition coefficient (Wildman–Crippen LogP) is 1.70. The van der Waals surface area contributed by atoms with Gasteiger partial charge >= 0.3 is 16.8 Å². The maximum absolute atomic E-state index is 6.25. The van der Waals surface area contributed by atoms with E-state index in [4.69, 9.17) is 71.0 Å². The van der Waals surface area contributed by atoms with E-state index in [-0.39, 0.29) is 35.2 Å². The summed E-state index contributed by atoms with van der Waals surface area (Å²) in [6, 6.07) is 0. The molecule has 12 N–H and O–H groups in total. The molecule has 0 unspecified atom stereocenters. The van der Waals surface area contributed by atoms with E-state index in [1.165, 1.54) is 0 Å². The van der Waals surface area contributed by atoms with Crippen LogP contribution in [0.5, 0.6) is 0 Å². The van der Waals surface area contributed by atoms with Crippen LogP contribution >= 0.6 is 0 Å². The van der Waals surface area contributed by atoms with Crippen molar-refractivity contribution in [3.8, 4) is 0 Å². The van der Waals surface area contributed by atoms with E-state index >= 15 is 0 Å². The van der Waals surface area contributed by atoms with Crippen molar-refractivity contribution in [2.45, 2.75) is 0 Å². The van der Waals surface area contributed by atoms with Crippen LogP contribution in [0.1, 0.15) is 0 Å². The Kier molecular flexibility index (Phi) is 2530. The van der Waals surface area contributed by atoms with Gasteiger partial charge < -0.3 is 89.5 Å². The average Bonchev–Trinajstić information content (AvgIpc) is 2.33. The molecule has 0 amide bonds. The second-order valence-electron chi connectivity index (χ2n) is 0. The zero-order chi connectivity index (χ0) is 12.0. The molecule has 9 nitrogen and oxygen atoms in total. The van der Waals surface area contributed by atoms with Gasteiger partial charge in [0.05, 0.1) is 0 Å². The zero-order valence-electron chi connectivity index (χ0n) is 9.02. The van der Waals surface area contributed by atoms with E-state index in [1.807, 2.05) is 0 Å². The molecule has 0 aliphatic rings. The molecule has 16 heavy (non-hydrogen) atoms. The van der Waals surface area contributed by atoms with Gasteiger partial charge in [-0.05, 0) is 0 Å². The van der Waals surface area contributed by atoms with Crippen LogP contribution in [0.3, 0.4) is 0 Å². The maximum Gasteiger partial charge on any atom is 3.00 e. The Morgan fingerprint density at radius 3 is 0.312 bits per heavy atom. The van der Waals surface area contributed by atoms with Gasteiger partial charge in [-0.1, -0.05) is 0 Å². The molecule has 90 valence electrons. The van der Waals surface area contributed by atoms with Gasteiger partial charge in [0.15, 0.2) is 0 Å². The summed E-state index contributed by atoms with van der Waals surface area (Å²) in [5, 5.41) is 37.5. The van der Waals surface area contributed by atoms with Crippen molar-refractivity contribution >= 4 is 0 Å². The number of rotatable bonds is 0. The van der Waals surface area contributed by atoms with Crippen molar-refractivity contribution in [2.75, 3.05) is 0 Å². The number of hydrogen-bond acceptors (Lipinski definition) is 6. The molecule has 0 rings (SSSR count). The summed E-state index contributed by atoms with van der Waals surface area (Å²) in [5.41, 5.74) is 0. The van der Waals surface area contributed by atoms with Crippen molar-refractivity contribution in [1.82, 2.24) is 18.5 Å². The number of quaternary nitrogens is 3. The molecule has 0 atom stereocenters. The summed E-state index contributed by atoms with van der Waals surface area (Å²) in [5.74, 6) is 0. The van der Waals surface area contributed by atoms with Crippen molar-refractivity contribution in [3.05, 3.63) is 39.4 Å². The van der Waals surface area contributed by atoms with E-state index in [0.29, 0.717) is 0 Å². The quantitative estimate of drug-likeness (QED) is 0.550. The summed E-state index contributed by atoms with van der Waals surface area (Å²) in [6.07, 6.45) is 0. The first kappa shape index (κ1) is 183. The molecule has 10 heteroatoms. The SMILES string of the molecule is [C-]#N.[C-]#N.[C-]#N.[C-]#N.[C-]#N.[C-]#N.[Co+3].[NH4+].[NH4+].[NH4+]. The molecule has 0 aromatic carbocycles. The molecule has 0 aliphatic heterocycles. The number of hydrogen-bond donors (Lipinski definition) is 3. The van der Waals surface area contributed by atoms with Gasteiger partial charge in [-0.3, -0.25) is 0 Å². The van der Waals surface area contributed by atoms with Crippen LogP contribution < -0.4 is 18.5 Å². The first-order valence-electron chi connectivity index (χ1n) is 1.34. The molecule has 0 radical (unpaired) electrons. The van der Waals surface area contributed by atoms with Crippen molar-refractivity contribution < 1.29 is 16.8 Å².